The van der Waals surface area contributed by atoms with Crippen molar-refractivity contribution in [2.24, 2.45) is 0 Å². The van der Waals surface area contributed by atoms with Crippen molar-refractivity contribution in [2.45, 2.75) is 13.0 Å². The second kappa shape index (κ2) is 6.05. The Hall–Kier alpha value is -2.21. The van der Waals surface area contributed by atoms with Gasteiger partial charge in [-0.2, -0.15) is 0 Å². The van der Waals surface area contributed by atoms with E-state index in [1.165, 1.54) is 28.4 Å². The summed E-state index contributed by atoms with van der Waals surface area (Å²) >= 11 is 1.52. The molecule has 0 bridgehead atoms. The van der Waals surface area contributed by atoms with Gasteiger partial charge >= 0.3 is 6.09 Å². The van der Waals surface area contributed by atoms with E-state index in [1.807, 2.05) is 0 Å². The van der Waals surface area contributed by atoms with Crippen LogP contribution in [0.15, 0.2) is 36.0 Å². The highest BCUT2D eigenvalue weighted by atomic mass is 32.1. The molecule has 4 nitrogen and oxygen atoms in total. The normalized spacial score (nSPS) is 13.1. The molecule has 0 aliphatic carbocycles. The largest absolute Gasteiger partial charge is 0.449 e. The molecule has 0 unspecified atom stereocenters. The summed E-state index contributed by atoms with van der Waals surface area (Å²) in [7, 11) is 0. The Labute approximate surface area is 125 Å². The van der Waals surface area contributed by atoms with E-state index in [0.717, 1.165) is 16.1 Å². The number of carbonyl (C=O) groups excluding carboxylic acids is 1. The number of benzene rings is 1. The Balaban J connectivity index is 1.51. The van der Waals surface area contributed by atoms with Gasteiger partial charge in [-0.3, -0.25) is 4.90 Å². The number of hydrogen-bond acceptors (Lipinski definition) is 4. The molecule has 0 spiro atoms. The highest BCUT2D eigenvalue weighted by Crippen LogP contribution is 2.22. The van der Waals surface area contributed by atoms with Crippen molar-refractivity contribution in [3.63, 3.8) is 0 Å². The SMILES string of the molecule is O=C(OCCc1cccc(F)c1)N1C=Cc2ncsc2C1. The zero-order chi connectivity index (χ0) is 14.7. The van der Waals surface area contributed by atoms with Crippen LogP contribution in [0, 0.1) is 5.82 Å². The van der Waals surface area contributed by atoms with Gasteiger partial charge in [0.25, 0.3) is 0 Å². The Kier molecular flexibility index (Phi) is 3.96. The van der Waals surface area contributed by atoms with Crippen LogP contribution in [0.1, 0.15) is 16.1 Å². The van der Waals surface area contributed by atoms with E-state index in [4.69, 9.17) is 4.74 Å². The quantitative estimate of drug-likeness (QED) is 0.872. The summed E-state index contributed by atoms with van der Waals surface area (Å²) in [5, 5.41) is 0. The summed E-state index contributed by atoms with van der Waals surface area (Å²) in [5.41, 5.74) is 3.47. The molecule has 0 saturated heterocycles. The van der Waals surface area contributed by atoms with Gasteiger partial charge in [0.15, 0.2) is 0 Å². The van der Waals surface area contributed by atoms with Crippen LogP contribution in [0.4, 0.5) is 9.18 Å². The Morgan fingerprint density at radius 1 is 1.48 bits per heavy atom. The molecule has 1 aliphatic heterocycles. The number of ether oxygens (including phenoxy) is 1. The average molecular weight is 304 g/mol. The molecular formula is C15H13FN2O2S. The fourth-order valence-corrected chi connectivity index (χ4v) is 2.81. The maximum absolute atomic E-state index is 13.0. The third-order valence-electron chi connectivity index (χ3n) is 3.14. The second-order valence-electron chi connectivity index (χ2n) is 4.60. The van der Waals surface area contributed by atoms with Crippen LogP contribution in [-0.4, -0.2) is 22.6 Å². The number of carbonyl (C=O) groups is 1. The lowest BCUT2D eigenvalue weighted by Gasteiger charge is -2.20. The van der Waals surface area contributed by atoms with Crippen molar-refractivity contribution in [3.8, 4) is 0 Å². The number of nitrogens with zero attached hydrogens (tertiary/aromatic N) is 2. The van der Waals surface area contributed by atoms with Crippen LogP contribution in [0.3, 0.4) is 0 Å². The van der Waals surface area contributed by atoms with E-state index in [-0.39, 0.29) is 12.4 Å². The lowest BCUT2D eigenvalue weighted by atomic mass is 10.2. The first-order chi connectivity index (χ1) is 10.2. The molecule has 2 heterocycles. The van der Waals surface area contributed by atoms with E-state index >= 15 is 0 Å². The Morgan fingerprint density at radius 2 is 2.38 bits per heavy atom. The summed E-state index contributed by atoms with van der Waals surface area (Å²) in [6.07, 6.45) is 3.56. The molecule has 0 saturated carbocycles. The summed E-state index contributed by atoms with van der Waals surface area (Å²) in [6.45, 7) is 0.706. The standard InChI is InChI=1S/C15H13FN2O2S/c16-12-3-1-2-11(8-12)5-7-20-15(19)18-6-4-13-14(9-18)21-10-17-13/h1-4,6,8,10H,5,7,9H2. The fourth-order valence-electron chi connectivity index (χ4n) is 2.06. The summed E-state index contributed by atoms with van der Waals surface area (Å²) in [4.78, 5) is 18.7. The lowest BCUT2D eigenvalue weighted by Crippen LogP contribution is -2.28. The zero-order valence-electron chi connectivity index (χ0n) is 11.2. The van der Waals surface area contributed by atoms with Crippen molar-refractivity contribution in [1.29, 1.82) is 0 Å². The topological polar surface area (TPSA) is 42.4 Å². The Morgan fingerprint density at radius 3 is 3.24 bits per heavy atom. The monoisotopic (exact) mass is 304 g/mol. The predicted molar refractivity (Wildman–Crippen MR) is 78.1 cm³/mol. The van der Waals surface area contributed by atoms with Gasteiger partial charge in [0.1, 0.15) is 5.82 Å². The van der Waals surface area contributed by atoms with E-state index < -0.39 is 6.09 Å². The van der Waals surface area contributed by atoms with Gasteiger partial charge in [0.2, 0.25) is 0 Å². The predicted octanol–water partition coefficient (Wildman–Crippen LogP) is 3.45. The van der Waals surface area contributed by atoms with Gasteiger partial charge in [-0.1, -0.05) is 12.1 Å². The summed E-state index contributed by atoms with van der Waals surface area (Å²) in [6, 6.07) is 6.28. The average Bonchev–Trinajstić information content (AvgIpc) is 2.94. The van der Waals surface area contributed by atoms with Crippen LogP contribution in [0.2, 0.25) is 0 Å². The molecule has 0 N–H and O–H groups in total. The third-order valence-corrected chi connectivity index (χ3v) is 3.97. The smallest absolute Gasteiger partial charge is 0.414 e. The van der Waals surface area contributed by atoms with Crippen molar-refractivity contribution >= 4 is 23.5 Å². The van der Waals surface area contributed by atoms with E-state index in [2.05, 4.69) is 4.98 Å². The highest BCUT2D eigenvalue weighted by Gasteiger charge is 2.19. The molecule has 1 aromatic heterocycles. The molecule has 1 amide bonds. The van der Waals surface area contributed by atoms with Gasteiger partial charge < -0.3 is 4.74 Å². The Bertz CT molecular complexity index is 684. The molecule has 6 heteroatoms. The molecule has 0 fully saturated rings. The van der Waals surface area contributed by atoms with Gasteiger partial charge in [-0.15, -0.1) is 11.3 Å². The van der Waals surface area contributed by atoms with Gasteiger partial charge in [0.05, 0.1) is 29.2 Å². The maximum atomic E-state index is 13.0. The maximum Gasteiger partial charge on any atom is 0.414 e. The fraction of sp³-hybridized carbons (Fsp3) is 0.200. The number of halogens is 1. The van der Waals surface area contributed by atoms with Crippen molar-refractivity contribution in [3.05, 3.63) is 57.9 Å². The lowest BCUT2D eigenvalue weighted by molar-refractivity contribution is 0.116. The van der Waals surface area contributed by atoms with Crippen LogP contribution < -0.4 is 0 Å². The second-order valence-corrected chi connectivity index (χ2v) is 5.54. The summed E-state index contributed by atoms with van der Waals surface area (Å²) < 4.78 is 18.2. The molecule has 1 aliphatic rings. The number of thiazole rings is 1. The first kappa shape index (κ1) is 13.8. The van der Waals surface area contributed by atoms with Crippen molar-refractivity contribution in [2.75, 3.05) is 6.61 Å². The number of hydrogen-bond donors (Lipinski definition) is 0. The number of aromatic nitrogens is 1. The van der Waals surface area contributed by atoms with Crippen molar-refractivity contribution < 1.29 is 13.9 Å². The molecule has 0 radical (unpaired) electrons. The molecule has 108 valence electrons. The molecule has 3 rings (SSSR count). The van der Waals surface area contributed by atoms with Gasteiger partial charge in [0, 0.05) is 12.6 Å². The molecule has 1 aromatic carbocycles. The van der Waals surface area contributed by atoms with Crippen LogP contribution in [0.25, 0.3) is 6.08 Å². The minimum absolute atomic E-state index is 0.224. The first-order valence-corrected chi connectivity index (χ1v) is 7.39. The highest BCUT2D eigenvalue weighted by molar-refractivity contribution is 7.09. The van der Waals surface area contributed by atoms with Crippen LogP contribution >= 0.6 is 11.3 Å². The molecule has 2 aromatic rings. The van der Waals surface area contributed by atoms with E-state index in [1.54, 1.807) is 29.9 Å². The number of amides is 1. The minimum atomic E-state index is -0.401. The van der Waals surface area contributed by atoms with Crippen molar-refractivity contribution in [1.82, 2.24) is 9.88 Å². The molecule has 21 heavy (non-hydrogen) atoms. The van der Waals surface area contributed by atoms with E-state index in [0.29, 0.717) is 13.0 Å². The zero-order valence-corrected chi connectivity index (χ0v) is 12.0. The third kappa shape index (κ3) is 3.28. The van der Waals surface area contributed by atoms with Crippen LogP contribution in [-0.2, 0) is 17.7 Å². The minimum Gasteiger partial charge on any atom is -0.449 e. The van der Waals surface area contributed by atoms with Gasteiger partial charge in [-0.05, 0) is 23.8 Å². The van der Waals surface area contributed by atoms with Gasteiger partial charge in [-0.25, -0.2) is 14.2 Å². The molecular weight excluding hydrogens is 291 g/mol. The summed E-state index contributed by atoms with van der Waals surface area (Å²) in [5.74, 6) is -0.282. The number of rotatable bonds is 3. The molecule has 0 atom stereocenters. The number of fused-ring (bicyclic) bond motifs is 1. The van der Waals surface area contributed by atoms with Crippen LogP contribution in [0.5, 0.6) is 0 Å². The van der Waals surface area contributed by atoms with E-state index in [9.17, 15) is 9.18 Å². The first-order valence-electron chi connectivity index (χ1n) is 6.51.